The van der Waals surface area contributed by atoms with Gasteiger partial charge in [-0.15, -0.1) is 0 Å². The van der Waals surface area contributed by atoms with Gasteiger partial charge >= 0.3 is 0 Å². The number of rotatable bonds is 3. The van der Waals surface area contributed by atoms with Gasteiger partial charge in [-0.1, -0.05) is 6.07 Å². The van der Waals surface area contributed by atoms with Gasteiger partial charge in [0, 0.05) is 16.6 Å². The first-order valence-corrected chi connectivity index (χ1v) is 7.44. The molecule has 1 unspecified atom stereocenters. The lowest BCUT2D eigenvalue weighted by Crippen LogP contribution is -2.45. The van der Waals surface area contributed by atoms with Crippen LogP contribution in [0.3, 0.4) is 0 Å². The standard InChI is InChI=1S/C15H23BrN2/c1-11-5-6-14(13(16)9-11)18-8-7-12(10-17-4)15(18,2)3/h5-6,9,12,17H,7-8,10H2,1-4H3. The van der Waals surface area contributed by atoms with Crippen molar-refractivity contribution in [2.45, 2.75) is 32.7 Å². The minimum absolute atomic E-state index is 0.209. The highest BCUT2D eigenvalue weighted by Crippen LogP contribution is 2.41. The van der Waals surface area contributed by atoms with Crippen LogP contribution in [0.15, 0.2) is 22.7 Å². The van der Waals surface area contributed by atoms with E-state index in [1.807, 2.05) is 7.05 Å². The Kier molecular flexibility index (Phi) is 4.02. The van der Waals surface area contributed by atoms with E-state index >= 15 is 0 Å². The first-order chi connectivity index (χ1) is 8.46. The highest BCUT2D eigenvalue weighted by molar-refractivity contribution is 9.10. The molecule has 0 amide bonds. The zero-order valence-electron chi connectivity index (χ0n) is 11.8. The molecule has 1 aliphatic heterocycles. The number of benzene rings is 1. The maximum absolute atomic E-state index is 3.71. The molecular weight excluding hydrogens is 288 g/mol. The zero-order valence-corrected chi connectivity index (χ0v) is 13.3. The monoisotopic (exact) mass is 310 g/mol. The molecular formula is C15H23BrN2. The van der Waals surface area contributed by atoms with Crippen molar-refractivity contribution in [2.24, 2.45) is 5.92 Å². The topological polar surface area (TPSA) is 15.3 Å². The van der Waals surface area contributed by atoms with Crippen LogP contribution in [0.4, 0.5) is 5.69 Å². The Morgan fingerprint density at radius 2 is 2.17 bits per heavy atom. The van der Waals surface area contributed by atoms with E-state index in [1.165, 1.54) is 22.1 Å². The SMILES string of the molecule is CNCC1CCN(c2ccc(C)cc2Br)C1(C)C. The molecule has 18 heavy (non-hydrogen) atoms. The molecule has 0 aromatic heterocycles. The fourth-order valence-electron chi connectivity index (χ4n) is 3.01. The number of aryl methyl sites for hydroxylation is 1. The summed E-state index contributed by atoms with van der Waals surface area (Å²) < 4.78 is 1.21. The molecule has 100 valence electrons. The first-order valence-electron chi connectivity index (χ1n) is 6.65. The molecule has 0 aliphatic carbocycles. The van der Waals surface area contributed by atoms with Crippen molar-refractivity contribution in [3.8, 4) is 0 Å². The molecule has 0 bridgehead atoms. The molecule has 1 heterocycles. The van der Waals surface area contributed by atoms with Crippen molar-refractivity contribution >= 4 is 21.6 Å². The fraction of sp³-hybridized carbons (Fsp3) is 0.600. The quantitative estimate of drug-likeness (QED) is 0.918. The predicted molar refractivity (Wildman–Crippen MR) is 82.3 cm³/mol. The highest BCUT2D eigenvalue weighted by atomic mass is 79.9. The lowest BCUT2D eigenvalue weighted by Gasteiger charge is -2.38. The normalized spacial score (nSPS) is 22.5. The smallest absolute Gasteiger partial charge is 0.0515 e. The third-order valence-corrected chi connectivity index (χ3v) is 4.88. The van der Waals surface area contributed by atoms with Gasteiger partial charge in [-0.25, -0.2) is 0 Å². The summed E-state index contributed by atoms with van der Waals surface area (Å²) in [5.74, 6) is 0.704. The van der Waals surface area contributed by atoms with Crippen molar-refractivity contribution < 1.29 is 0 Å². The molecule has 1 aromatic carbocycles. The summed E-state index contributed by atoms with van der Waals surface area (Å²) in [7, 11) is 2.04. The van der Waals surface area contributed by atoms with Gasteiger partial charge in [0.15, 0.2) is 0 Å². The molecule has 0 spiro atoms. The van der Waals surface area contributed by atoms with E-state index in [1.54, 1.807) is 0 Å². The third kappa shape index (κ3) is 2.43. The van der Waals surface area contributed by atoms with Crippen LogP contribution in [0.2, 0.25) is 0 Å². The van der Waals surface area contributed by atoms with Gasteiger partial charge in [0.25, 0.3) is 0 Å². The predicted octanol–water partition coefficient (Wildman–Crippen LogP) is 3.58. The van der Waals surface area contributed by atoms with Crippen molar-refractivity contribution in [2.75, 3.05) is 25.0 Å². The molecule has 1 aliphatic rings. The van der Waals surface area contributed by atoms with E-state index in [2.05, 4.69) is 65.1 Å². The van der Waals surface area contributed by atoms with Crippen molar-refractivity contribution in [1.82, 2.24) is 5.32 Å². The molecule has 1 atom stereocenters. The third-order valence-electron chi connectivity index (χ3n) is 4.24. The second kappa shape index (κ2) is 5.22. The molecule has 0 radical (unpaired) electrons. The number of nitrogens with one attached hydrogen (secondary N) is 1. The minimum atomic E-state index is 0.209. The van der Waals surface area contributed by atoms with Gasteiger partial charge in [0.05, 0.1) is 5.69 Å². The van der Waals surface area contributed by atoms with Crippen LogP contribution in [0.25, 0.3) is 0 Å². The van der Waals surface area contributed by atoms with E-state index in [9.17, 15) is 0 Å². The van der Waals surface area contributed by atoms with Gasteiger partial charge in [0.2, 0.25) is 0 Å². The number of anilines is 1. The van der Waals surface area contributed by atoms with Gasteiger partial charge in [-0.3, -0.25) is 0 Å². The summed E-state index contributed by atoms with van der Waals surface area (Å²) in [5, 5.41) is 3.32. The summed E-state index contributed by atoms with van der Waals surface area (Å²) in [6.07, 6.45) is 1.26. The summed E-state index contributed by atoms with van der Waals surface area (Å²) in [6.45, 7) is 9.07. The zero-order chi connectivity index (χ0) is 13.3. The largest absolute Gasteiger partial charge is 0.365 e. The van der Waals surface area contributed by atoms with Crippen LogP contribution >= 0.6 is 15.9 Å². The lowest BCUT2D eigenvalue weighted by atomic mass is 9.88. The van der Waals surface area contributed by atoms with Crippen molar-refractivity contribution in [3.05, 3.63) is 28.2 Å². The van der Waals surface area contributed by atoms with Crippen LogP contribution in [0.1, 0.15) is 25.8 Å². The highest BCUT2D eigenvalue weighted by Gasteiger charge is 2.41. The van der Waals surface area contributed by atoms with Crippen LogP contribution in [0.5, 0.6) is 0 Å². The van der Waals surface area contributed by atoms with Crippen LogP contribution in [-0.2, 0) is 0 Å². The Bertz CT molecular complexity index is 429. The van der Waals surface area contributed by atoms with Crippen LogP contribution < -0.4 is 10.2 Å². The van der Waals surface area contributed by atoms with E-state index in [0.717, 1.165) is 13.1 Å². The molecule has 2 nitrogen and oxygen atoms in total. The number of hydrogen-bond acceptors (Lipinski definition) is 2. The Balaban J connectivity index is 2.29. The molecule has 0 saturated carbocycles. The number of halogens is 1. The van der Waals surface area contributed by atoms with Gasteiger partial charge in [0.1, 0.15) is 0 Å². The number of nitrogens with zero attached hydrogens (tertiary/aromatic N) is 1. The Morgan fingerprint density at radius 1 is 1.44 bits per heavy atom. The maximum Gasteiger partial charge on any atom is 0.0515 e. The molecule has 2 rings (SSSR count). The molecule has 1 saturated heterocycles. The van der Waals surface area contributed by atoms with E-state index < -0.39 is 0 Å². The maximum atomic E-state index is 3.71. The van der Waals surface area contributed by atoms with E-state index in [4.69, 9.17) is 0 Å². The van der Waals surface area contributed by atoms with Crippen LogP contribution in [0, 0.1) is 12.8 Å². The lowest BCUT2D eigenvalue weighted by molar-refractivity contribution is 0.356. The molecule has 1 fully saturated rings. The average Bonchev–Trinajstić information content (AvgIpc) is 2.56. The average molecular weight is 311 g/mol. The Hall–Kier alpha value is -0.540. The van der Waals surface area contributed by atoms with Crippen molar-refractivity contribution in [3.63, 3.8) is 0 Å². The summed E-state index contributed by atoms with van der Waals surface area (Å²) in [6, 6.07) is 6.64. The summed E-state index contributed by atoms with van der Waals surface area (Å²) >= 11 is 3.71. The van der Waals surface area contributed by atoms with Crippen molar-refractivity contribution in [1.29, 1.82) is 0 Å². The fourth-order valence-corrected chi connectivity index (χ4v) is 3.71. The van der Waals surface area contributed by atoms with E-state index in [-0.39, 0.29) is 5.54 Å². The second-order valence-electron chi connectivity index (χ2n) is 5.80. The Morgan fingerprint density at radius 3 is 2.78 bits per heavy atom. The molecule has 1 aromatic rings. The summed E-state index contributed by atoms with van der Waals surface area (Å²) in [5.41, 5.74) is 2.83. The summed E-state index contributed by atoms with van der Waals surface area (Å²) in [4.78, 5) is 2.54. The van der Waals surface area contributed by atoms with Gasteiger partial charge < -0.3 is 10.2 Å². The van der Waals surface area contributed by atoms with Gasteiger partial charge in [-0.05, 0) is 80.3 Å². The second-order valence-corrected chi connectivity index (χ2v) is 6.66. The van der Waals surface area contributed by atoms with E-state index in [0.29, 0.717) is 5.92 Å². The van der Waals surface area contributed by atoms with Gasteiger partial charge in [-0.2, -0.15) is 0 Å². The van der Waals surface area contributed by atoms with Crippen LogP contribution in [-0.4, -0.2) is 25.7 Å². The molecule has 3 heteroatoms. The first kappa shape index (κ1) is 13.9. The molecule has 1 N–H and O–H groups in total. The Labute approximate surface area is 119 Å². The number of hydrogen-bond donors (Lipinski definition) is 1. The minimum Gasteiger partial charge on any atom is -0.365 e.